The normalized spacial score (nSPS) is 10.8. The highest BCUT2D eigenvalue weighted by Crippen LogP contribution is 2.01. The molecule has 0 aromatic heterocycles. The van der Waals surface area contributed by atoms with E-state index in [1.807, 2.05) is 19.2 Å². The lowest BCUT2D eigenvalue weighted by Crippen LogP contribution is -2.30. The van der Waals surface area contributed by atoms with E-state index in [9.17, 15) is 0 Å². The zero-order chi connectivity index (χ0) is 12.0. The van der Waals surface area contributed by atoms with Crippen molar-refractivity contribution >= 4 is 12.6 Å². The van der Waals surface area contributed by atoms with Gasteiger partial charge in [0.15, 0.2) is 0 Å². The smallest absolute Gasteiger partial charge is 0.423 e. The Morgan fingerprint density at radius 2 is 2.12 bits per heavy atom. The van der Waals surface area contributed by atoms with E-state index in [0.29, 0.717) is 12.1 Å². The summed E-state index contributed by atoms with van der Waals surface area (Å²) in [5.74, 6) is 0. The number of likely N-dealkylation sites (N-methyl/N-ethyl adjacent to an activating group) is 1. The average molecular weight is 223 g/mol. The van der Waals surface area contributed by atoms with Crippen molar-refractivity contribution in [1.29, 1.82) is 0 Å². The van der Waals surface area contributed by atoms with E-state index in [4.69, 9.17) is 14.8 Å². The molecule has 0 amide bonds. The van der Waals surface area contributed by atoms with Crippen molar-refractivity contribution in [1.82, 2.24) is 4.90 Å². The standard InChI is InChI=1S/C11H18BNO3/c1-13(6-7-16-2)9-10-4-3-5-11(8-10)12(14)15/h3-5,8,14-15H,6-7,9H2,1-2H3. The van der Waals surface area contributed by atoms with Crippen LogP contribution in [-0.2, 0) is 11.3 Å². The van der Waals surface area contributed by atoms with Crippen LogP contribution in [0.3, 0.4) is 0 Å². The lowest BCUT2D eigenvalue weighted by Gasteiger charge is -2.16. The maximum Gasteiger partial charge on any atom is 0.488 e. The third-order valence-corrected chi connectivity index (χ3v) is 2.38. The Bertz CT molecular complexity index is 320. The van der Waals surface area contributed by atoms with Crippen molar-refractivity contribution < 1.29 is 14.8 Å². The molecule has 4 nitrogen and oxygen atoms in total. The molecule has 0 aliphatic rings. The van der Waals surface area contributed by atoms with Gasteiger partial charge in [-0.05, 0) is 18.1 Å². The summed E-state index contributed by atoms with van der Waals surface area (Å²) in [5.41, 5.74) is 1.59. The first kappa shape index (κ1) is 13.2. The van der Waals surface area contributed by atoms with E-state index in [1.165, 1.54) is 0 Å². The van der Waals surface area contributed by atoms with Crippen LogP contribution < -0.4 is 5.46 Å². The highest BCUT2D eigenvalue weighted by atomic mass is 16.5. The summed E-state index contributed by atoms with van der Waals surface area (Å²) in [7, 11) is 2.28. The zero-order valence-corrected chi connectivity index (χ0v) is 9.76. The topological polar surface area (TPSA) is 52.9 Å². The fourth-order valence-electron chi connectivity index (χ4n) is 1.49. The van der Waals surface area contributed by atoms with Gasteiger partial charge in [-0.3, -0.25) is 4.90 Å². The fraction of sp³-hybridized carbons (Fsp3) is 0.455. The van der Waals surface area contributed by atoms with Crippen molar-refractivity contribution in [3.05, 3.63) is 29.8 Å². The van der Waals surface area contributed by atoms with Crippen LogP contribution in [0.1, 0.15) is 5.56 Å². The summed E-state index contributed by atoms with van der Waals surface area (Å²) in [6.45, 7) is 2.31. The predicted molar refractivity (Wildman–Crippen MR) is 64.5 cm³/mol. The molecule has 1 aromatic rings. The minimum atomic E-state index is -1.40. The second-order valence-corrected chi connectivity index (χ2v) is 3.85. The first-order valence-corrected chi connectivity index (χ1v) is 5.26. The molecule has 16 heavy (non-hydrogen) atoms. The Kier molecular flexibility index (Phi) is 5.48. The Labute approximate surface area is 96.6 Å². The fourth-order valence-corrected chi connectivity index (χ4v) is 1.49. The van der Waals surface area contributed by atoms with Crippen molar-refractivity contribution in [3.63, 3.8) is 0 Å². The molecule has 0 saturated carbocycles. The second-order valence-electron chi connectivity index (χ2n) is 3.85. The third kappa shape index (κ3) is 4.32. The maximum absolute atomic E-state index is 9.05. The van der Waals surface area contributed by atoms with Gasteiger partial charge in [-0.15, -0.1) is 0 Å². The number of benzene rings is 1. The minimum absolute atomic E-state index is 0.526. The highest BCUT2D eigenvalue weighted by molar-refractivity contribution is 6.58. The van der Waals surface area contributed by atoms with E-state index in [0.717, 1.165) is 18.7 Å². The molecule has 0 spiro atoms. The predicted octanol–water partition coefficient (Wildman–Crippen LogP) is -0.555. The van der Waals surface area contributed by atoms with Crippen LogP contribution in [-0.4, -0.2) is 49.4 Å². The van der Waals surface area contributed by atoms with Crippen LogP contribution >= 0.6 is 0 Å². The Balaban J connectivity index is 2.56. The first-order valence-electron chi connectivity index (χ1n) is 5.26. The van der Waals surface area contributed by atoms with Crippen LogP contribution in [0.2, 0.25) is 0 Å². The molecule has 5 heteroatoms. The van der Waals surface area contributed by atoms with Crippen LogP contribution in [0.15, 0.2) is 24.3 Å². The quantitative estimate of drug-likeness (QED) is 0.635. The SMILES string of the molecule is COCCN(C)Cc1cccc(B(O)O)c1. The lowest BCUT2D eigenvalue weighted by molar-refractivity contribution is 0.158. The second kappa shape index (κ2) is 6.65. The molecule has 0 unspecified atom stereocenters. The van der Waals surface area contributed by atoms with Crippen LogP contribution in [0, 0.1) is 0 Å². The van der Waals surface area contributed by atoms with Crippen molar-refractivity contribution in [2.45, 2.75) is 6.54 Å². The molecule has 0 heterocycles. The van der Waals surface area contributed by atoms with E-state index < -0.39 is 7.12 Å². The first-order chi connectivity index (χ1) is 7.63. The molecule has 1 aromatic carbocycles. The van der Waals surface area contributed by atoms with Gasteiger partial charge in [0.2, 0.25) is 0 Å². The molecule has 0 radical (unpaired) electrons. The van der Waals surface area contributed by atoms with Gasteiger partial charge >= 0.3 is 7.12 Å². The van der Waals surface area contributed by atoms with E-state index >= 15 is 0 Å². The van der Waals surface area contributed by atoms with Gasteiger partial charge in [-0.25, -0.2) is 0 Å². The van der Waals surface area contributed by atoms with Crippen molar-refractivity contribution in [3.8, 4) is 0 Å². The summed E-state index contributed by atoms with van der Waals surface area (Å²) in [6, 6.07) is 7.29. The van der Waals surface area contributed by atoms with Gasteiger partial charge in [0.25, 0.3) is 0 Å². The summed E-state index contributed by atoms with van der Waals surface area (Å²) in [4.78, 5) is 2.12. The summed E-state index contributed by atoms with van der Waals surface area (Å²) in [5, 5.41) is 18.1. The average Bonchev–Trinajstić information content (AvgIpc) is 2.26. The molecule has 0 bridgehead atoms. The molecule has 0 fully saturated rings. The van der Waals surface area contributed by atoms with Crippen LogP contribution in [0.5, 0.6) is 0 Å². The Morgan fingerprint density at radius 3 is 2.75 bits per heavy atom. The number of methoxy groups -OCH3 is 1. The van der Waals surface area contributed by atoms with Crippen LogP contribution in [0.25, 0.3) is 0 Å². The number of nitrogens with zero attached hydrogens (tertiary/aromatic N) is 1. The van der Waals surface area contributed by atoms with Gasteiger partial charge in [0, 0.05) is 20.2 Å². The van der Waals surface area contributed by atoms with Gasteiger partial charge in [-0.2, -0.15) is 0 Å². The van der Waals surface area contributed by atoms with E-state index in [1.54, 1.807) is 19.2 Å². The molecule has 1 rings (SSSR count). The molecular weight excluding hydrogens is 205 g/mol. The number of ether oxygens (including phenoxy) is 1. The minimum Gasteiger partial charge on any atom is -0.423 e. The van der Waals surface area contributed by atoms with E-state index in [-0.39, 0.29) is 0 Å². The lowest BCUT2D eigenvalue weighted by atomic mass is 9.79. The molecule has 2 N–H and O–H groups in total. The van der Waals surface area contributed by atoms with E-state index in [2.05, 4.69) is 4.90 Å². The van der Waals surface area contributed by atoms with Gasteiger partial charge in [0.1, 0.15) is 0 Å². The Hall–Kier alpha value is -0.875. The summed E-state index contributed by atoms with van der Waals surface area (Å²) < 4.78 is 4.99. The number of rotatable bonds is 6. The van der Waals surface area contributed by atoms with Gasteiger partial charge in [0.05, 0.1) is 6.61 Å². The number of hydrogen-bond acceptors (Lipinski definition) is 4. The molecular formula is C11H18BNO3. The summed E-state index contributed by atoms with van der Waals surface area (Å²) >= 11 is 0. The molecule has 0 aliphatic carbocycles. The molecule has 88 valence electrons. The maximum atomic E-state index is 9.05. The highest BCUT2D eigenvalue weighted by Gasteiger charge is 2.11. The molecule has 0 aliphatic heterocycles. The third-order valence-electron chi connectivity index (χ3n) is 2.38. The summed E-state index contributed by atoms with van der Waals surface area (Å²) in [6.07, 6.45) is 0. The molecule has 0 atom stereocenters. The van der Waals surface area contributed by atoms with Gasteiger partial charge < -0.3 is 14.8 Å². The number of hydrogen-bond donors (Lipinski definition) is 2. The largest absolute Gasteiger partial charge is 0.488 e. The van der Waals surface area contributed by atoms with Crippen molar-refractivity contribution in [2.75, 3.05) is 27.3 Å². The Morgan fingerprint density at radius 1 is 1.38 bits per heavy atom. The van der Waals surface area contributed by atoms with Crippen molar-refractivity contribution in [2.24, 2.45) is 0 Å². The van der Waals surface area contributed by atoms with Gasteiger partial charge in [-0.1, -0.05) is 24.3 Å². The van der Waals surface area contributed by atoms with Crippen LogP contribution in [0.4, 0.5) is 0 Å². The zero-order valence-electron chi connectivity index (χ0n) is 9.76. The molecule has 0 saturated heterocycles. The monoisotopic (exact) mass is 223 g/mol.